The van der Waals surface area contributed by atoms with Crippen molar-refractivity contribution in [1.29, 1.82) is 0 Å². The van der Waals surface area contributed by atoms with E-state index < -0.39 is 11.5 Å². The number of amides is 2. The molecule has 1 saturated heterocycles. The number of urea groups is 1. The van der Waals surface area contributed by atoms with Crippen LogP contribution in [0.15, 0.2) is 0 Å². The second-order valence-electron chi connectivity index (χ2n) is 6.92. The third kappa shape index (κ3) is 3.89. The van der Waals surface area contributed by atoms with Gasteiger partial charge >= 0.3 is 12.0 Å². The Hall–Kier alpha value is -1.26. The number of carboxylic acid groups (broad SMARTS) is 1. The van der Waals surface area contributed by atoms with Gasteiger partial charge in [0.2, 0.25) is 0 Å². The molecule has 1 aliphatic rings. The third-order valence-corrected chi connectivity index (χ3v) is 4.14. The molecule has 2 amide bonds. The van der Waals surface area contributed by atoms with Crippen molar-refractivity contribution in [3.8, 4) is 0 Å². The summed E-state index contributed by atoms with van der Waals surface area (Å²) in [4.78, 5) is 28.0. The van der Waals surface area contributed by atoms with Gasteiger partial charge in [0.15, 0.2) is 0 Å². The highest BCUT2D eigenvalue weighted by molar-refractivity contribution is 5.87. The third-order valence-electron chi connectivity index (χ3n) is 4.14. The van der Waals surface area contributed by atoms with Gasteiger partial charge in [0, 0.05) is 19.6 Å². The summed E-state index contributed by atoms with van der Waals surface area (Å²) in [6, 6.07) is -0.112. The maximum atomic E-state index is 12.9. The molecule has 5 nitrogen and oxygen atoms in total. The molecule has 0 spiro atoms. The maximum Gasteiger partial charge on any atom is 0.329 e. The van der Waals surface area contributed by atoms with Crippen molar-refractivity contribution in [2.45, 2.75) is 59.4 Å². The fraction of sp³-hybridized carbons (Fsp3) is 0.875. The van der Waals surface area contributed by atoms with E-state index in [1.165, 1.54) is 0 Å². The van der Waals surface area contributed by atoms with Crippen LogP contribution in [-0.4, -0.2) is 52.1 Å². The van der Waals surface area contributed by atoms with E-state index in [0.717, 1.165) is 6.42 Å². The van der Waals surface area contributed by atoms with E-state index >= 15 is 0 Å². The van der Waals surface area contributed by atoms with Crippen LogP contribution >= 0.6 is 0 Å². The number of carbonyl (C=O) groups is 2. The predicted octanol–water partition coefficient (Wildman–Crippen LogP) is 3.05. The molecule has 122 valence electrons. The molecule has 1 rings (SSSR count). The van der Waals surface area contributed by atoms with Crippen LogP contribution in [0, 0.1) is 11.8 Å². The topological polar surface area (TPSA) is 60.9 Å². The molecule has 0 saturated carbocycles. The first-order valence-corrected chi connectivity index (χ1v) is 8.04. The maximum absolute atomic E-state index is 12.9. The summed E-state index contributed by atoms with van der Waals surface area (Å²) in [7, 11) is 0. The molecule has 0 aromatic rings. The van der Waals surface area contributed by atoms with Gasteiger partial charge in [-0.25, -0.2) is 9.59 Å². The smallest absolute Gasteiger partial charge is 0.329 e. The van der Waals surface area contributed by atoms with Crippen LogP contribution in [-0.2, 0) is 4.79 Å². The molecule has 0 radical (unpaired) electrons. The van der Waals surface area contributed by atoms with E-state index in [2.05, 4.69) is 27.7 Å². The van der Waals surface area contributed by atoms with Crippen LogP contribution < -0.4 is 0 Å². The highest BCUT2D eigenvalue weighted by Crippen LogP contribution is 2.34. The van der Waals surface area contributed by atoms with Crippen molar-refractivity contribution in [2.24, 2.45) is 11.8 Å². The van der Waals surface area contributed by atoms with E-state index in [0.29, 0.717) is 44.3 Å². The zero-order valence-electron chi connectivity index (χ0n) is 14.1. The molecule has 1 fully saturated rings. The monoisotopic (exact) mass is 298 g/mol. The van der Waals surface area contributed by atoms with Gasteiger partial charge in [0.1, 0.15) is 5.54 Å². The Labute approximate surface area is 128 Å². The molecule has 0 aromatic carbocycles. The molecule has 0 aliphatic carbocycles. The van der Waals surface area contributed by atoms with E-state index in [1.807, 2.05) is 11.8 Å². The fourth-order valence-electron chi connectivity index (χ4n) is 3.18. The van der Waals surface area contributed by atoms with Crippen molar-refractivity contribution in [2.75, 3.05) is 19.6 Å². The van der Waals surface area contributed by atoms with Crippen molar-refractivity contribution in [3.05, 3.63) is 0 Å². The lowest BCUT2D eigenvalue weighted by Crippen LogP contribution is -2.57. The van der Waals surface area contributed by atoms with Crippen LogP contribution in [0.5, 0.6) is 0 Å². The fourth-order valence-corrected chi connectivity index (χ4v) is 3.18. The zero-order valence-corrected chi connectivity index (χ0v) is 14.1. The highest BCUT2D eigenvalue weighted by atomic mass is 16.4. The van der Waals surface area contributed by atoms with Gasteiger partial charge in [-0.05, 0) is 31.1 Å². The molecule has 1 heterocycles. The first-order valence-electron chi connectivity index (χ1n) is 8.04. The standard InChI is InChI=1S/C16H30N2O3/c1-6-16(14(19)20)8-7-9-18(16)15(21)17(10-12(2)3)11-13(4)5/h12-13H,6-11H2,1-5H3,(H,19,20). The van der Waals surface area contributed by atoms with E-state index in [1.54, 1.807) is 4.90 Å². The Balaban J connectivity index is 2.98. The summed E-state index contributed by atoms with van der Waals surface area (Å²) in [5, 5.41) is 9.62. The van der Waals surface area contributed by atoms with Crippen LogP contribution in [0.1, 0.15) is 53.9 Å². The number of nitrogens with zero attached hydrogens (tertiary/aromatic N) is 2. The predicted molar refractivity (Wildman–Crippen MR) is 83.2 cm³/mol. The van der Waals surface area contributed by atoms with Crippen molar-refractivity contribution in [3.63, 3.8) is 0 Å². The van der Waals surface area contributed by atoms with Crippen molar-refractivity contribution >= 4 is 12.0 Å². The van der Waals surface area contributed by atoms with Crippen molar-refractivity contribution < 1.29 is 14.7 Å². The number of hydrogen-bond acceptors (Lipinski definition) is 2. The lowest BCUT2D eigenvalue weighted by Gasteiger charge is -2.38. The minimum atomic E-state index is -1.01. The summed E-state index contributed by atoms with van der Waals surface area (Å²) >= 11 is 0. The summed E-state index contributed by atoms with van der Waals surface area (Å²) in [5.74, 6) is -0.128. The molecule has 1 unspecified atom stereocenters. The summed E-state index contributed by atoms with van der Waals surface area (Å²) < 4.78 is 0. The van der Waals surface area contributed by atoms with Crippen LogP contribution in [0.25, 0.3) is 0 Å². The second kappa shape index (κ2) is 7.14. The van der Waals surface area contributed by atoms with Gasteiger partial charge < -0.3 is 14.9 Å². The summed E-state index contributed by atoms with van der Waals surface area (Å²) in [6.45, 7) is 12.1. The van der Waals surface area contributed by atoms with Gasteiger partial charge in [0.05, 0.1) is 0 Å². The Bertz CT molecular complexity index is 372. The number of carbonyl (C=O) groups excluding carboxylic acids is 1. The Morgan fingerprint density at radius 3 is 2.10 bits per heavy atom. The molecule has 21 heavy (non-hydrogen) atoms. The first kappa shape index (κ1) is 17.8. The molecular formula is C16H30N2O3. The SMILES string of the molecule is CCC1(C(=O)O)CCCN1C(=O)N(CC(C)C)CC(C)C. The minimum Gasteiger partial charge on any atom is -0.479 e. The van der Waals surface area contributed by atoms with E-state index in [-0.39, 0.29) is 6.03 Å². The molecule has 5 heteroatoms. The van der Waals surface area contributed by atoms with Crippen LogP contribution in [0.4, 0.5) is 4.79 Å². The zero-order chi connectivity index (χ0) is 16.2. The normalized spacial score (nSPS) is 22.1. The number of carboxylic acids is 1. The average molecular weight is 298 g/mol. The average Bonchev–Trinajstić information content (AvgIpc) is 2.80. The van der Waals surface area contributed by atoms with Crippen LogP contribution in [0.3, 0.4) is 0 Å². The van der Waals surface area contributed by atoms with Gasteiger partial charge in [-0.3, -0.25) is 0 Å². The molecule has 0 bridgehead atoms. The first-order chi connectivity index (χ1) is 9.74. The number of likely N-dealkylation sites (tertiary alicyclic amines) is 1. The lowest BCUT2D eigenvalue weighted by molar-refractivity contribution is -0.148. The molecule has 1 N–H and O–H groups in total. The molecular weight excluding hydrogens is 268 g/mol. The number of hydrogen-bond donors (Lipinski definition) is 1. The summed E-state index contributed by atoms with van der Waals surface area (Å²) in [6.07, 6.45) is 1.79. The molecule has 0 aromatic heterocycles. The van der Waals surface area contributed by atoms with Crippen molar-refractivity contribution in [1.82, 2.24) is 9.80 Å². The summed E-state index contributed by atoms with van der Waals surface area (Å²) in [5.41, 5.74) is -1.01. The van der Waals surface area contributed by atoms with Gasteiger partial charge in [-0.15, -0.1) is 0 Å². The molecule has 1 aliphatic heterocycles. The van der Waals surface area contributed by atoms with Gasteiger partial charge in [0.25, 0.3) is 0 Å². The number of rotatable bonds is 6. The quantitative estimate of drug-likeness (QED) is 0.820. The largest absolute Gasteiger partial charge is 0.479 e. The Morgan fingerprint density at radius 1 is 1.19 bits per heavy atom. The van der Waals surface area contributed by atoms with Gasteiger partial charge in [-0.2, -0.15) is 0 Å². The second-order valence-corrected chi connectivity index (χ2v) is 6.92. The van der Waals surface area contributed by atoms with E-state index in [4.69, 9.17) is 0 Å². The Morgan fingerprint density at radius 2 is 1.71 bits per heavy atom. The lowest BCUT2D eigenvalue weighted by atomic mass is 9.93. The highest BCUT2D eigenvalue weighted by Gasteiger charge is 2.49. The van der Waals surface area contributed by atoms with E-state index in [9.17, 15) is 14.7 Å². The van der Waals surface area contributed by atoms with Gasteiger partial charge in [-0.1, -0.05) is 34.6 Å². The van der Waals surface area contributed by atoms with Crippen LogP contribution in [0.2, 0.25) is 0 Å². The Kier molecular flexibility index (Phi) is 6.05. The number of aliphatic carboxylic acids is 1. The minimum absolute atomic E-state index is 0.112. The molecule has 1 atom stereocenters.